The van der Waals surface area contributed by atoms with E-state index >= 15 is 0 Å². The van der Waals surface area contributed by atoms with E-state index in [0.29, 0.717) is 12.5 Å². The third-order valence-corrected chi connectivity index (χ3v) is 4.17. The van der Waals surface area contributed by atoms with Gasteiger partial charge < -0.3 is 5.32 Å². The Morgan fingerprint density at radius 1 is 1.08 bits per heavy atom. The average molecular weight is 324 g/mol. The van der Waals surface area contributed by atoms with Gasteiger partial charge in [-0.15, -0.1) is 0 Å². The van der Waals surface area contributed by atoms with Crippen LogP contribution in [-0.2, 0) is 11.3 Å². The van der Waals surface area contributed by atoms with Gasteiger partial charge in [-0.25, -0.2) is 0 Å². The van der Waals surface area contributed by atoms with Crippen LogP contribution in [0.2, 0.25) is 0 Å². The first-order chi connectivity index (χ1) is 11.3. The summed E-state index contributed by atoms with van der Waals surface area (Å²) >= 11 is 0. The number of benzene rings is 2. The highest BCUT2D eigenvalue weighted by molar-refractivity contribution is 5.92. The number of hydrogen-bond acceptors (Lipinski definition) is 2. The number of nitrogens with zero attached hydrogens (tertiary/aromatic N) is 1. The van der Waals surface area contributed by atoms with Gasteiger partial charge in [0.25, 0.3) is 0 Å². The van der Waals surface area contributed by atoms with Crippen LogP contribution >= 0.6 is 0 Å². The molecule has 0 saturated heterocycles. The Hall–Kier alpha value is -2.13. The molecule has 2 aromatic carbocycles. The Labute approximate surface area is 145 Å². The summed E-state index contributed by atoms with van der Waals surface area (Å²) in [5.41, 5.74) is 5.75. The van der Waals surface area contributed by atoms with E-state index in [1.54, 1.807) is 0 Å². The number of nitrogens with one attached hydrogen (secondary N) is 1. The molecular formula is C21H28N2O. The summed E-state index contributed by atoms with van der Waals surface area (Å²) in [4.78, 5) is 14.3. The number of hydrogen-bond donors (Lipinski definition) is 1. The molecule has 0 heterocycles. The quantitative estimate of drug-likeness (QED) is 0.848. The van der Waals surface area contributed by atoms with Crippen LogP contribution in [-0.4, -0.2) is 24.4 Å². The summed E-state index contributed by atoms with van der Waals surface area (Å²) in [7, 11) is 1.97. The van der Waals surface area contributed by atoms with Gasteiger partial charge in [0.1, 0.15) is 0 Å². The van der Waals surface area contributed by atoms with Crippen LogP contribution in [0.3, 0.4) is 0 Å². The van der Waals surface area contributed by atoms with Crippen molar-refractivity contribution >= 4 is 11.6 Å². The van der Waals surface area contributed by atoms with Gasteiger partial charge in [0.15, 0.2) is 0 Å². The highest BCUT2D eigenvalue weighted by Gasteiger charge is 2.09. The summed E-state index contributed by atoms with van der Waals surface area (Å²) in [6, 6.07) is 14.7. The Bertz CT molecular complexity index is 689. The Kier molecular flexibility index (Phi) is 6.16. The van der Waals surface area contributed by atoms with Crippen LogP contribution in [0.4, 0.5) is 5.69 Å². The number of anilines is 1. The normalized spacial score (nSPS) is 11.1. The van der Waals surface area contributed by atoms with Crippen molar-refractivity contribution in [3.63, 3.8) is 0 Å². The number of carbonyl (C=O) groups is 1. The number of carbonyl (C=O) groups excluding carboxylic acids is 1. The number of likely N-dealkylation sites (N-methyl/N-ethyl adjacent to an activating group) is 1. The lowest BCUT2D eigenvalue weighted by molar-refractivity contribution is -0.117. The van der Waals surface area contributed by atoms with Crippen LogP contribution in [0.15, 0.2) is 42.5 Å². The molecule has 2 aromatic rings. The molecule has 0 aliphatic carbocycles. The van der Waals surface area contributed by atoms with Crippen molar-refractivity contribution in [2.24, 2.45) is 0 Å². The molecule has 0 unspecified atom stereocenters. The average Bonchev–Trinajstić information content (AvgIpc) is 2.50. The molecule has 0 bridgehead atoms. The first kappa shape index (κ1) is 18.2. The van der Waals surface area contributed by atoms with E-state index in [2.05, 4.69) is 56.4 Å². The monoisotopic (exact) mass is 324 g/mol. The van der Waals surface area contributed by atoms with Crippen molar-refractivity contribution in [3.05, 3.63) is 64.7 Å². The predicted octanol–water partition coefficient (Wildman–Crippen LogP) is 4.50. The van der Waals surface area contributed by atoms with E-state index in [1.807, 2.05) is 31.0 Å². The number of amides is 1. The lowest BCUT2D eigenvalue weighted by atomic mass is 10.0. The highest BCUT2D eigenvalue weighted by atomic mass is 16.2. The predicted molar refractivity (Wildman–Crippen MR) is 101 cm³/mol. The Morgan fingerprint density at radius 3 is 2.33 bits per heavy atom. The second-order valence-electron chi connectivity index (χ2n) is 6.94. The molecule has 2 rings (SSSR count). The van der Waals surface area contributed by atoms with E-state index in [0.717, 1.165) is 17.8 Å². The largest absolute Gasteiger partial charge is 0.325 e. The number of aryl methyl sites for hydroxylation is 2. The van der Waals surface area contributed by atoms with Crippen molar-refractivity contribution < 1.29 is 4.79 Å². The third kappa shape index (κ3) is 5.20. The minimum Gasteiger partial charge on any atom is -0.325 e. The minimum absolute atomic E-state index is 0.0169. The van der Waals surface area contributed by atoms with Crippen LogP contribution in [0.25, 0.3) is 0 Å². The van der Waals surface area contributed by atoms with Gasteiger partial charge in [-0.1, -0.05) is 55.8 Å². The van der Waals surface area contributed by atoms with Crippen LogP contribution in [0, 0.1) is 13.8 Å². The molecule has 0 aliphatic rings. The first-order valence-corrected chi connectivity index (χ1v) is 8.49. The first-order valence-electron chi connectivity index (χ1n) is 8.49. The van der Waals surface area contributed by atoms with Gasteiger partial charge in [-0.2, -0.15) is 0 Å². The van der Waals surface area contributed by atoms with Crippen molar-refractivity contribution in [1.29, 1.82) is 0 Å². The van der Waals surface area contributed by atoms with Gasteiger partial charge in [0.05, 0.1) is 6.54 Å². The van der Waals surface area contributed by atoms with E-state index in [-0.39, 0.29) is 5.91 Å². The van der Waals surface area contributed by atoms with Gasteiger partial charge in [0, 0.05) is 12.2 Å². The molecule has 3 nitrogen and oxygen atoms in total. The van der Waals surface area contributed by atoms with Crippen LogP contribution in [0.5, 0.6) is 0 Å². The molecule has 0 fully saturated rings. The molecule has 0 radical (unpaired) electrons. The second-order valence-corrected chi connectivity index (χ2v) is 6.94. The third-order valence-electron chi connectivity index (χ3n) is 4.17. The fourth-order valence-corrected chi connectivity index (χ4v) is 2.76. The van der Waals surface area contributed by atoms with Crippen LogP contribution in [0.1, 0.15) is 42.0 Å². The molecule has 0 atom stereocenters. The van der Waals surface area contributed by atoms with Crippen molar-refractivity contribution in [3.8, 4) is 0 Å². The van der Waals surface area contributed by atoms with E-state index < -0.39 is 0 Å². The fourth-order valence-electron chi connectivity index (χ4n) is 2.76. The summed E-state index contributed by atoms with van der Waals surface area (Å²) in [5, 5.41) is 3.00. The van der Waals surface area contributed by atoms with Gasteiger partial charge in [-0.3, -0.25) is 9.69 Å². The highest BCUT2D eigenvalue weighted by Crippen LogP contribution is 2.17. The van der Waals surface area contributed by atoms with Crippen LogP contribution < -0.4 is 5.32 Å². The zero-order chi connectivity index (χ0) is 17.7. The van der Waals surface area contributed by atoms with Crippen molar-refractivity contribution in [2.45, 2.75) is 40.2 Å². The van der Waals surface area contributed by atoms with Gasteiger partial charge in [-0.05, 0) is 49.6 Å². The lowest BCUT2D eigenvalue weighted by Crippen LogP contribution is -2.30. The minimum atomic E-state index is 0.0169. The van der Waals surface area contributed by atoms with E-state index in [1.165, 1.54) is 16.7 Å². The summed E-state index contributed by atoms with van der Waals surface area (Å²) < 4.78 is 0. The maximum atomic E-state index is 12.2. The van der Waals surface area contributed by atoms with Crippen molar-refractivity contribution in [1.82, 2.24) is 4.90 Å². The zero-order valence-electron chi connectivity index (χ0n) is 15.4. The molecule has 24 heavy (non-hydrogen) atoms. The summed E-state index contributed by atoms with van der Waals surface area (Å²) in [6.07, 6.45) is 0. The SMILES string of the molecule is Cc1ccc(NC(=O)CN(C)Cc2ccc(C(C)C)cc2)c(C)c1. The molecule has 3 heteroatoms. The van der Waals surface area contributed by atoms with Crippen molar-refractivity contribution in [2.75, 3.05) is 18.9 Å². The molecule has 0 aliphatic heterocycles. The standard InChI is InChI=1S/C21H28N2O/c1-15(2)19-9-7-18(8-10-19)13-23(5)14-21(24)22-20-11-6-16(3)12-17(20)4/h6-12,15H,13-14H2,1-5H3,(H,22,24). The second kappa shape index (κ2) is 8.11. The molecular weight excluding hydrogens is 296 g/mol. The summed E-state index contributed by atoms with van der Waals surface area (Å²) in [5.74, 6) is 0.559. The Balaban J connectivity index is 1.89. The molecule has 1 N–H and O–H groups in total. The fraction of sp³-hybridized carbons (Fsp3) is 0.381. The van der Waals surface area contributed by atoms with E-state index in [4.69, 9.17) is 0 Å². The zero-order valence-corrected chi connectivity index (χ0v) is 15.4. The van der Waals surface area contributed by atoms with Gasteiger partial charge >= 0.3 is 0 Å². The molecule has 0 saturated carbocycles. The molecule has 0 spiro atoms. The lowest BCUT2D eigenvalue weighted by Gasteiger charge is -2.17. The van der Waals surface area contributed by atoms with Gasteiger partial charge in [0.2, 0.25) is 5.91 Å². The number of rotatable bonds is 6. The smallest absolute Gasteiger partial charge is 0.238 e. The maximum Gasteiger partial charge on any atom is 0.238 e. The molecule has 128 valence electrons. The Morgan fingerprint density at radius 2 is 1.75 bits per heavy atom. The molecule has 1 amide bonds. The topological polar surface area (TPSA) is 32.3 Å². The maximum absolute atomic E-state index is 12.2. The van der Waals surface area contributed by atoms with E-state index in [9.17, 15) is 4.79 Å². The molecule has 0 aromatic heterocycles. The summed E-state index contributed by atoms with van der Waals surface area (Å²) in [6.45, 7) is 9.59.